The number of carboxylic acid groups (broad SMARTS) is 1. The van der Waals surface area contributed by atoms with Crippen LogP contribution in [0.5, 0.6) is 0 Å². The zero-order valence-corrected chi connectivity index (χ0v) is 9.58. The van der Waals surface area contributed by atoms with E-state index in [2.05, 4.69) is 0 Å². The van der Waals surface area contributed by atoms with E-state index < -0.39 is 26.9 Å². The van der Waals surface area contributed by atoms with Crippen LogP contribution in [0.15, 0.2) is 23.1 Å². The third-order valence-electron chi connectivity index (χ3n) is 2.26. The molecule has 0 heterocycles. The first-order valence-electron chi connectivity index (χ1n) is 4.49. The molecular weight excluding hydrogens is 235 g/mol. The highest BCUT2D eigenvalue weighted by Crippen LogP contribution is 2.21. The predicted molar refractivity (Wildman–Crippen MR) is 55.4 cm³/mol. The minimum atomic E-state index is -3.95. The first kappa shape index (κ1) is 12.6. The lowest BCUT2D eigenvalue weighted by Gasteiger charge is -2.10. The number of halogens is 1. The Morgan fingerprint density at radius 1 is 1.44 bits per heavy atom. The molecule has 1 N–H and O–H groups in total. The molecule has 0 spiro atoms. The maximum absolute atomic E-state index is 12.8. The maximum Gasteiger partial charge on any atom is 0.321 e. The van der Waals surface area contributed by atoms with Crippen molar-refractivity contribution in [1.82, 2.24) is 0 Å². The lowest BCUT2D eigenvalue weighted by molar-refractivity contribution is -0.136. The van der Waals surface area contributed by atoms with Crippen LogP contribution in [0.3, 0.4) is 0 Å². The van der Waals surface area contributed by atoms with Gasteiger partial charge in [-0.1, -0.05) is 0 Å². The highest BCUT2D eigenvalue weighted by Gasteiger charge is 2.30. The zero-order chi connectivity index (χ0) is 12.5. The number of carboxylic acids is 1. The quantitative estimate of drug-likeness (QED) is 0.818. The molecule has 6 heteroatoms. The summed E-state index contributed by atoms with van der Waals surface area (Å²) in [4.78, 5) is 10.5. The normalized spacial score (nSPS) is 13.4. The van der Waals surface area contributed by atoms with E-state index in [1.165, 1.54) is 6.92 Å². The summed E-state index contributed by atoms with van der Waals surface area (Å²) in [6.45, 7) is 2.50. The first-order chi connectivity index (χ1) is 7.26. The van der Waals surface area contributed by atoms with Crippen LogP contribution in [0.25, 0.3) is 0 Å². The van der Waals surface area contributed by atoms with Gasteiger partial charge in [0.25, 0.3) is 0 Å². The third kappa shape index (κ3) is 2.21. The maximum atomic E-state index is 12.8. The van der Waals surface area contributed by atoms with Crippen LogP contribution in [0.4, 0.5) is 4.39 Å². The van der Waals surface area contributed by atoms with Crippen LogP contribution in [0.2, 0.25) is 0 Å². The summed E-state index contributed by atoms with van der Waals surface area (Å²) < 4.78 is 36.4. The summed E-state index contributed by atoms with van der Waals surface area (Å²) in [5.41, 5.74) is 0.202. The molecule has 0 aliphatic carbocycles. The van der Waals surface area contributed by atoms with Gasteiger partial charge < -0.3 is 5.11 Å². The number of aryl methyl sites for hydroxylation is 1. The Kier molecular flexibility index (Phi) is 3.32. The number of aliphatic carboxylic acids is 1. The van der Waals surface area contributed by atoms with E-state index in [0.717, 1.165) is 25.1 Å². The Balaban J connectivity index is 3.33. The average molecular weight is 246 g/mol. The molecular formula is C10H11FO4S. The van der Waals surface area contributed by atoms with Gasteiger partial charge in [-0.15, -0.1) is 0 Å². The second-order valence-corrected chi connectivity index (χ2v) is 5.67. The molecule has 0 aromatic heterocycles. The van der Waals surface area contributed by atoms with Gasteiger partial charge in [-0.2, -0.15) is 0 Å². The van der Waals surface area contributed by atoms with Crippen molar-refractivity contribution < 1.29 is 22.7 Å². The molecule has 16 heavy (non-hydrogen) atoms. The molecule has 4 nitrogen and oxygen atoms in total. The highest BCUT2D eigenvalue weighted by molar-refractivity contribution is 7.92. The fourth-order valence-electron chi connectivity index (χ4n) is 1.26. The summed E-state index contributed by atoms with van der Waals surface area (Å²) in [6, 6.07) is 3.13. The predicted octanol–water partition coefficient (Wildman–Crippen LogP) is 1.38. The molecule has 0 bridgehead atoms. The smallest absolute Gasteiger partial charge is 0.321 e. The van der Waals surface area contributed by atoms with Crippen molar-refractivity contribution in [3.05, 3.63) is 29.6 Å². The van der Waals surface area contributed by atoms with E-state index in [1.54, 1.807) is 0 Å². The number of hydrogen-bond acceptors (Lipinski definition) is 3. The lowest BCUT2D eigenvalue weighted by Crippen LogP contribution is -2.27. The number of rotatable bonds is 3. The summed E-state index contributed by atoms with van der Waals surface area (Å²) >= 11 is 0. The lowest BCUT2D eigenvalue weighted by atomic mass is 10.2. The van der Waals surface area contributed by atoms with E-state index in [-0.39, 0.29) is 10.5 Å². The van der Waals surface area contributed by atoms with Gasteiger partial charge in [0.2, 0.25) is 0 Å². The van der Waals surface area contributed by atoms with E-state index in [9.17, 15) is 17.6 Å². The summed E-state index contributed by atoms with van der Waals surface area (Å²) in [5.74, 6) is -1.98. The van der Waals surface area contributed by atoms with Gasteiger partial charge in [-0.05, 0) is 37.6 Å². The molecule has 0 fully saturated rings. The Hall–Kier alpha value is -1.43. The summed E-state index contributed by atoms with van der Waals surface area (Å²) in [5, 5.41) is 7.13. The Labute approximate surface area is 92.6 Å². The van der Waals surface area contributed by atoms with E-state index >= 15 is 0 Å². The van der Waals surface area contributed by atoms with Gasteiger partial charge in [0.15, 0.2) is 15.1 Å². The number of sulfone groups is 1. The van der Waals surface area contributed by atoms with Crippen LogP contribution in [-0.2, 0) is 14.6 Å². The molecule has 0 aliphatic heterocycles. The van der Waals surface area contributed by atoms with Crippen LogP contribution in [0, 0.1) is 12.7 Å². The summed E-state index contributed by atoms with van der Waals surface area (Å²) in [7, 11) is -3.95. The third-order valence-corrected chi connectivity index (χ3v) is 4.46. The Bertz CT molecular complexity index is 522. The zero-order valence-electron chi connectivity index (χ0n) is 8.77. The highest BCUT2D eigenvalue weighted by atomic mass is 32.2. The van der Waals surface area contributed by atoms with Crippen molar-refractivity contribution >= 4 is 15.8 Å². The van der Waals surface area contributed by atoms with Crippen LogP contribution >= 0.6 is 0 Å². The Morgan fingerprint density at radius 2 is 2.00 bits per heavy atom. The largest absolute Gasteiger partial charge is 0.480 e. The van der Waals surface area contributed by atoms with Crippen LogP contribution in [0.1, 0.15) is 12.5 Å². The molecule has 0 aliphatic rings. The van der Waals surface area contributed by atoms with Gasteiger partial charge >= 0.3 is 5.97 Å². The standard InChI is InChI=1S/C10H11FO4S/c1-6-5-8(11)3-4-9(6)16(14,15)7(2)10(12)13/h3-5,7H,1-2H3,(H,12,13). The van der Waals surface area contributed by atoms with Gasteiger partial charge in [0.1, 0.15) is 5.82 Å². The molecule has 1 aromatic carbocycles. The number of hydrogen-bond donors (Lipinski definition) is 1. The molecule has 1 atom stereocenters. The van der Waals surface area contributed by atoms with E-state index in [1.807, 2.05) is 0 Å². The van der Waals surface area contributed by atoms with Crippen molar-refractivity contribution in [3.63, 3.8) is 0 Å². The second kappa shape index (κ2) is 4.21. The average Bonchev–Trinajstić information content (AvgIpc) is 2.15. The van der Waals surface area contributed by atoms with Gasteiger partial charge in [-0.3, -0.25) is 4.79 Å². The molecule has 0 saturated carbocycles. The van der Waals surface area contributed by atoms with E-state index in [0.29, 0.717) is 0 Å². The van der Waals surface area contributed by atoms with Gasteiger partial charge in [0.05, 0.1) is 4.90 Å². The minimum Gasteiger partial charge on any atom is -0.480 e. The fraction of sp³-hybridized carbons (Fsp3) is 0.300. The minimum absolute atomic E-state index is 0.149. The van der Waals surface area contributed by atoms with Crippen molar-refractivity contribution in [2.24, 2.45) is 0 Å². The summed E-state index contributed by atoms with van der Waals surface area (Å²) in [6.07, 6.45) is 0. The van der Waals surface area contributed by atoms with Crippen LogP contribution in [-0.4, -0.2) is 24.7 Å². The first-order valence-corrected chi connectivity index (χ1v) is 6.04. The van der Waals surface area contributed by atoms with Gasteiger partial charge in [-0.25, -0.2) is 12.8 Å². The second-order valence-electron chi connectivity index (χ2n) is 3.44. The molecule has 88 valence electrons. The van der Waals surface area contributed by atoms with Crippen LogP contribution < -0.4 is 0 Å². The van der Waals surface area contributed by atoms with Crippen molar-refractivity contribution in [1.29, 1.82) is 0 Å². The Morgan fingerprint density at radius 3 is 2.44 bits per heavy atom. The molecule has 0 radical (unpaired) electrons. The molecule has 0 amide bonds. The molecule has 1 unspecified atom stereocenters. The molecule has 1 aromatic rings. The number of carbonyl (C=O) groups is 1. The fourth-order valence-corrected chi connectivity index (χ4v) is 2.67. The van der Waals surface area contributed by atoms with Crippen molar-refractivity contribution in [2.45, 2.75) is 24.0 Å². The molecule has 1 rings (SSSR count). The topological polar surface area (TPSA) is 71.4 Å². The van der Waals surface area contributed by atoms with Crippen molar-refractivity contribution in [3.8, 4) is 0 Å². The SMILES string of the molecule is Cc1cc(F)ccc1S(=O)(=O)C(C)C(=O)O. The van der Waals surface area contributed by atoms with E-state index in [4.69, 9.17) is 5.11 Å². The van der Waals surface area contributed by atoms with Gasteiger partial charge in [0, 0.05) is 0 Å². The number of benzene rings is 1. The monoisotopic (exact) mass is 246 g/mol. The van der Waals surface area contributed by atoms with Crippen molar-refractivity contribution in [2.75, 3.05) is 0 Å². The molecule has 0 saturated heterocycles.